The van der Waals surface area contributed by atoms with Crippen molar-refractivity contribution in [1.82, 2.24) is 14.8 Å². The number of nitrogens with zero attached hydrogens (tertiary/aromatic N) is 3. The summed E-state index contributed by atoms with van der Waals surface area (Å²) in [4.78, 5) is 5.28. The van der Waals surface area contributed by atoms with Gasteiger partial charge in [-0.15, -0.1) is 11.3 Å². The molecule has 11 heteroatoms. The van der Waals surface area contributed by atoms with Crippen LogP contribution in [-0.4, -0.2) is 27.3 Å². The lowest BCUT2D eigenvalue weighted by molar-refractivity contribution is -0.253. The summed E-state index contributed by atoms with van der Waals surface area (Å²) in [6.45, 7) is 1.85. The van der Waals surface area contributed by atoms with Gasteiger partial charge in [-0.05, 0) is 54.4 Å². The van der Waals surface area contributed by atoms with Crippen molar-refractivity contribution >= 4 is 22.9 Å². The van der Waals surface area contributed by atoms with Gasteiger partial charge in [-0.3, -0.25) is 0 Å². The third-order valence-corrected chi connectivity index (χ3v) is 6.30. The first-order chi connectivity index (χ1) is 15.6. The molecule has 33 heavy (non-hydrogen) atoms. The summed E-state index contributed by atoms with van der Waals surface area (Å²) in [6.07, 6.45) is -8.51. The van der Waals surface area contributed by atoms with Crippen LogP contribution in [0.15, 0.2) is 47.8 Å². The van der Waals surface area contributed by atoms with Crippen molar-refractivity contribution in [3.8, 4) is 39.0 Å². The number of hydrogen-bond donors (Lipinski definition) is 0. The maximum Gasteiger partial charge on any atom is 0.461 e. The Morgan fingerprint density at radius 3 is 2.45 bits per heavy atom. The number of thiophene rings is 1. The van der Waals surface area contributed by atoms with E-state index in [4.69, 9.17) is 11.6 Å². The molecule has 2 heterocycles. The van der Waals surface area contributed by atoms with Crippen LogP contribution in [0, 0.1) is 12.7 Å². The maximum absolute atomic E-state index is 14.3. The predicted octanol–water partition coefficient (Wildman–Crippen LogP) is 7.22. The minimum absolute atomic E-state index is 0.102. The average molecular weight is 500 g/mol. The van der Waals surface area contributed by atoms with Crippen LogP contribution < -0.4 is 4.74 Å². The molecular formula is C22H15ClF5N3OS. The Hall–Kier alpha value is -2.98. The van der Waals surface area contributed by atoms with Gasteiger partial charge in [0.05, 0.1) is 10.6 Å². The molecule has 0 saturated carbocycles. The fourth-order valence-electron chi connectivity index (χ4n) is 3.23. The molecule has 0 aliphatic rings. The number of halogens is 6. The maximum atomic E-state index is 14.3. The van der Waals surface area contributed by atoms with Crippen LogP contribution >= 0.6 is 22.9 Å². The zero-order chi connectivity index (χ0) is 23.9. The Morgan fingerprint density at radius 1 is 1.12 bits per heavy atom. The van der Waals surface area contributed by atoms with E-state index in [9.17, 15) is 22.0 Å². The molecule has 2 aromatic carbocycles. The molecule has 2 aromatic heterocycles. The van der Waals surface area contributed by atoms with Crippen LogP contribution in [0.2, 0.25) is 5.02 Å². The second-order valence-corrected chi connectivity index (χ2v) is 8.36. The minimum atomic E-state index is -4.57. The monoisotopic (exact) mass is 499 g/mol. The molecular weight excluding hydrogens is 485 g/mol. The molecule has 4 aromatic rings. The van der Waals surface area contributed by atoms with Gasteiger partial charge in [0, 0.05) is 22.9 Å². The van der Waals surface area contributed by atoms with E-state index in [1.807, 2.05) is 12.3 Å². The molecule has 0 amide bonds. The van der Waals surface area contributed by atoms with Gasteiger partial charge in [-0.1, -0.05) is 17.7 Å². The van der Waals surface area contributed by atoms with E-state index in [0.29, 0.717) is 11.4 Å². The van der Waals surface area contributed by atoms with Crippen molar-refractivity contribution in [2.24, 2.45) is 7.05 Å². The Morgan fingerprint density at radius 2 is 1.82 bits per heavy atom. The smallest absolute Gasteiger partial charge is 0.428 e. The van der Waals surface area contributed by atoms with Crippen molar-refractivity contribution < 1.29 is 26.7 Å². The molecule has 0 N–H and O–H groups in total. The summed E-state index contributed by atoms with van der Waals surface area (Å²) in [5, 5.41) is 6.33. The number of aryl methyl sites for hydroxylation is 1. The fourth-order valence-corrected chi connectivity index (χ4v) is 4.56. The standard InChI is InChI=1S/C22H15ClF5N3OS/c1-11-14(20-29-19(30-31(20)2)17-15(23)4-3-5-16(17)24)10-33-18(11)12-6-8-13(9-7-12)32-22(27,28)21(25)26/h3-10,21H,1-2H3. The molecule has 0 unspecified atom stereocenters. The number of ether oxygens (including phenoxy) is 1. The van der Waals surface area contributed by atoms with Gasteiger partial charge in [0.15, 0.2) is 11.6 Å². The summed E-state index contributed by atoms with van der Waals surface area (Å²) < 4.78 is 70.8. The molecule has 0 fully saturated rings. The van der Waals surface area contributed by atoms with Gasteiger partial charge in [0.2, 0.25) is 0 Å². The lowest BCUT2D eigenvalue weighted by atomic mass is 10.1. The van der Waals surface area contributed by atoms with Crippen molar-refractivity contribution in [2.75, 3.05) is 0 Å². The van der Waals surface area contributed by atoms with E-state index in [2.05, 4.69) is 14.8 Å². The Kier molecular flexibility index (Phi) is 6.15. The number of benzene rings is 2. The van der Waals surface area contributed by atoms with E-state index in [1.165, 1.54) is 52.4 Å². The third kappa shape index (κ3) is 4.45. The molecule has 0 saturated heterocycles. The predicted molar refractivity (Wildman–Crippen MR) is 116 cm³/mol. The first-order valence-corrected chi connectivity index (χ1v) is 10.7. The van der Waals surface area contributed by atoms with E-state index in [0.717, 1.165) is 16.0 Å². The third-order valence-electron chi connectivity index (χ3n) is 4.85. The van der Waals surface area contributed by atoms with Gasteiger partial charge in [0.1, 0.15) is 11.6 Å². The zero-order valence-corrected chi connectivity index (χ0v) is 18.7. The van der Waals surface area contributed by atoms with Crippen LogP contribution in [0.4, 0.5) is 22.0 Å². The number of aromatic nitrogens is 3. The molecule has 0 atom stereocenters. The zero-order valence-electron chi connectivity index (χ0n) is 17.1. The molecule has 4 nitrogen and oxygen atoms in total. The van der Waals surface area contributed by atoms with Gasteiger partial charge in [-0.25, -0.2) is 14.1 Å². The largest absolute Gasteiger partial charge is 0.461 e. The van der Waals surface area contributed by atoms with Crippen molar-refractivity contribution in [2.45, 2.75) is 19.5 Å². The van der Waals surface area contributed by atoms with Crippen molar-refractivity contribution in [3.05, 3.63) is 64.2 Å². The first kappa shape index (κ1) is 23.2. The van der Waals surface area contributed by atoms with Gasteiger partial charge in [-0.2, -0.15) is 22.7 Å². The number of rotatable bonds is 6. The summed E-state index contributed by atoms with van der Waals surface area (Å²) in [6, 6.07) is 9.72. The van der Waals surface area contributed by atoms with Crippen LogP contribution in [0.25, 0.3) is 33.2 Å². The molecule has 0 bridgehead atoms. The highest BCUT2D eigenvalue weighted by atomic mass is 35.5. The summed E-state index contributed by atoms with van der Waals surface area (Å²) in [7, 11) is 1.67. The number of alkyl halides is 4. The van der Waals surface area contributed by atoms with Gasteiger partial charge in [0.25, 0.3) is 0 Å². The first-order valence-electron chi connectivity index (χ1n) is 9.47. The van der Waals surface area contributed by atoms with Crippen LogP contribution in [-0.2, 0) is 7.05 Å². The normalized spacial score (nSPS) is 11.9. The van der Waals surface area contributed by atoms with Crippen LogP contribution in [0.1, 0.15) is 5.56 Å². The Labute approximate surface area is 194 Å². The Bertz CT molecular complexity index is 1280. The minimum Gasteiger partial charge on any atom is -0.428 e. The quantitative estimate of drug-likeness (QED) is 0.263. The summed E-state index contributed by atoms with van der Waals surface area (Å²) >= 11 is 7.51. The van der Waals surface area contributed by atoms with E-state index >= 15 is 0 Å². The lowest BCUT2D eigenvalue weighted by Crippen LogP contribution is -2.33. The highest BCUT2D eigenvalue weighted by Crippen LogP contribution is 2.39. The number of hydrogen-bond acceptors (Lipinski definition) is 4. The van der Waals surface area contributed by atoms with Crippen LogP contribution in [0.5, 0.6) is 5.75 Å². The molecule has 0 radical (unpaired) electrons. The van der Waals surface area contributed by atoms with Crippen molar-refractivity contribution in [3.63, 3.8) is 0 Å². The van der Waals surface area contributed by atoms with E-state index in [1.54, 1.807) is 13.1 Å². The van der Waals surface area contributed by atoms with E-state index < -0.39 is 18.4 Å². The Balaban J connectivity index is 1.65. The molecule has 0 spiro atoms. The van der Waals surface area contributed by atoms with Crippen LogP contribution in [0.3, 0.4) is 0 Å². The molecule has 172 valence electrons. The average Bonchev–Trinajstić information content (AvgIpc) is 3.30. The SMILES string of the molecule is Cc1c(-c2nc(-c3c(F)cccc3Cl)nn2C)csc1-c1ccc(OC(F)(F)C(F)F)cc1. The lowest BCUT2D eigenvalue weighted by Gasteiger charge is -2.16. The summed E-state index contributed by atoms with van der Waals surface area (Å²) in [5.74, 6) is -0.287. The molecule has 0 aliphatic carbocycles. The van der Waals surface area contributed by atoms with Crippen molar-refractivity contribution in [1.29, 1.82) is 0 Å². The second kappa shape index (κ2) is 8.75. The topological polar surface area (TPSA) is 39.9 Å². The fraction of sp³-hybridized carbons (Fsp3) is 0.182. The second-order valence-electron chi connectivity index (χ2n) is 7.07. The van der Waals surface area contributed by atoms with E-state index in [-0.39, 0.29) is 22.2 Å². The molecule has 0 aliphatic heterocycles. The molecule has 4 rings (SSSR count). The van der Waals surface area contributed by atoms with Gasteiger partial charge < -0.3 is 4.74 Å². The van der Waals surface area contributed by atoms with Gasteiger partial charge >= 0.3 is 12.5 Å². The highest BCUT2D eigenvalue weighted by molar-refractivity contribution is 7.14. The summed E-state index contributed by atoms with van der Waals surface area (Å²) in [5.41, 5.74) is 2.35. The highest BCUT2D eigenvalue weighted by Gasteiger charge is 2.43.